The molecule has 118 valence electrons. The van der Waals surface area contributed by atoms with Crippen LogP contribution in [0.25, 0.3) is 0 Å². The summed E-state index contributed by atoms with van der Waals surface area (Å²) in [6.07, 6.45) is -5.36. The van der Waals surface area contributed by atoms with Crippen molar-refractivity contribution >= 4 is 16.0 Å². The van der Waals surface area contributed by atoms with Crippen molar-refractivity contribution in [3.8, 4) is 0 Å². The van der Waals surface area contributed by atoms with E-state index in [-0.39, 0.29) is 12.5 Å². The van der Waals surface area contributed by atoms with Gasteiger partial charge in [-0.05, 0) is 37.6 Å². The Morgan fingerprint density at radius 3 is 2.19 bits per heavy atom. The standard InChI is InChI=1S/C11H11F4NO4S/c1-6-5-7(12)3-4-8(6)21(19,20)16-10(2,9(17)18)11(13,14)15/h3-5,16H,1-2H3,(H,17,18). The molecule has 0 aliphatic rings. The van der Waals surface area contributed by atoms with E-state index in [9.17, 15) is 30.8 Å². The lowest BCUT2D eigenvalue weighted by Gasteiger charge is -2.28. The van der Waals surface area contributed by atoms with Crippen molar-refractivity contribution in [1.82, 2.24) is 4.72 Å². The lowest BCUT2D eigenvalue weighted by Crippen LogP contribution is -2.61. The number of alkyl halides is 3. The van der Waals surface area contributed by atoms with Crippen LogP contribution in [0.1, 0.15) is 12.5 Å². The third kappa shape index (κ3) is 3.32. The number of benzene rings is 1. The molecule has 5 nitrogen and oxygen atoms in total. The lowest BCUT2D eigenvalue weighted by molar-refractivity contribution is -0.201. The highest BCUT2D eigenvalue weighted by Crippen LogP contribution is 2.32. The van der Waals surface area contributed by atoms with E-state index in [0.29, 0.717) is 0 Å². The van der Waals surface area contributed by atoms with Gasteiger partial charge in [0.15, 0.2) is 0 Å². The monoisotopic (exact) mass is 329 g/mol. The minimum atomic E-state index is -5.36. The Hall–Kier alpha value is -1.68. The van der Waals surface area contributed by atoms with Crippen LogP contribution in [-0.4, -0.2) is 31.2 Å². The molecule has 0 aromatic heterocycles. The van der Waals surface area contributed by atoms with E-state index in [1.807, 2.05) is 0 Å². The van der Waals surface area contributed by atoms with Gasteiger partial charge in [0, 0.05) is 0 Å². The predicted molar refractivity (Wildman–Crippen MR) is 63.6 cm³/mol. The van der Waals surface area contributed by atoms with E-state index in [1.165, 1.54) is 6.92 Å². The van der Waals surface area contributed by atoms with Crippen molar-refractivity contribution in [3.05, 3.63) is 29.6 Å². The molecule has 1 unspecified atom stereocenters. The first-order valence-corrected chi connectivity index (χ1v) is 6.90. The largest absolute Gasteiger partial charge is 0.480 e. The third-order valence-corrected chi connectivity index (χ3v) is 4.47. The average molecular weight is 329 g/mol. The van der Waals surface area contributed by atoms with E-state index in [1.54, 1.807) is 0 Å². The van der Waals surface area contributed by atoms with Gasteiger partial charge in [0.25, 0.3) is 0 Å². The van der Waals surface area contributed by atoms with Crippen LogP contribution in [0.3, 0.4) is 0 Å². The Morgan fingerprint density at radius 1 is 1.29 bits per heavy atom. The highest BCUT2D eigenvalue weighted by Gasteiger charge is 2.59. The third-order valence-electron chi connectivity index (χ3n) is 2.76. The summed E-state index contributed by atoms with van der Waals surface area (Å²) in [6.45, 7) is 1.36. The van der Waals surface area contributed by atoms with Gasteiger partial charge in [0.05, 0.1) is 4.90 Å². The van der Waals surface area contributed by atoms with E-state index in [4.69, 9.17) is 5.11 Å². The van der Waals surface area contributed by atoms with Crippen molar-refractivity contribution in [2.24, 2.45) is 0 Å². The molecule has 0 aliphatic carbocycles. The number of hydrogen-bond donors (Lipinski definition) is 2. The predicted octanol–water partition coefficient (Wildman–Crippen LogP) is 1.82. The molecule has 2 N–H and O–H groups in total. The SMILES string of the molecule is Cc1cc(F)ccc1S(=O)(=O)NC(C)(C(=O)O)C(F)(F)F. The molecule has 0 spiro atoms. The van der Waals surface area contributed by atoms with Crippen LogP contribution in [0, 0.1) is 12.7 Å². The maximum atomic E-state index is 12.9. The summed E-state index contributed by atoms with van der Waals surface area (Å²) in [5, 5.41) is 8.68. The quantitative estimate of drug-likeness (QED) is 0.826. The molecule has 0 heterocycles. The number of rotatable bonds is 4. The second-order valence-corrected chi connectivity index (χ2v) is 6.09. The Labute approximate surface area is 117 Å². The normalized spacial score (nSPS) is 15.5. The van der Waals surface area contributed by atoms with Crippen molar-refractivity contribution in [2.45, 2.75) is 30.5 Å². The maximum absolute atomic E-state index is 12.9. The molecule has 0 radical (unpaired) electrons. The number of nitrogens with one attached hydrogen (secondary N) is 1. The topological polar surface area (TPSA) is 83.5 Å². The molecule has 0 amide bonds. The smallest absolute Gasteiger partial charge is 0.418 e. The zero-order valence-corrected chi connectivity index (χ0v) is 11.6. The Morgan fingerprint density at radius 2 is 1.81 bits per heavy atom. The number of carboxylic acids is 1. The van der Waals surface area contributed by atoms with Crippen molar-refractivity contribution < 1.29 is 35.9 Å². The van der Waals surface area contributed by atoms with Crippen LogP contribution < -0.4 is 4.72 Å². The summed E-state index contributed by atoms with van der Waals surface area (Å²) < 4.78 is 76.3. The van der Waals surface area contributed by atoms with Gasteiger partial charge in [-0.1, -0.05) is 0 Å². The van der Waals surface area contributed by atoms with Crippen LogP contribution in [0.4, 0.5) is 17.6 Å². The summed E-state index contributed by atoms with van der Waals surface area (Å²) >= 11 is 0. The van der Waals surface area contributed by atoms with Gasteiger partial charge in [-0.2, -0.15) is 17.9 Å². The minimum Gasteiger partial charge on any atom is -0.480 e. The molecule has 21 heavy (non-hydrogen) atoms. The molecule has 1 aromatic rings. The number of carboxylic acid groups (broad SMARTS) is 1. The van der Waals surface area contributed by atoms with Gasteiger partial charge in [0.1, 0.15) is 5.82 Å². The van der Waals surface area contributed by atoms with Crippen LogP contribution >= 0.6 is 0 Å². The minimum absolute atomic E-state index is 0.155. The number of aliphatic carboxylic acids is 1. The fourth-order valence-corrected chi connectivity index (χ4v) is 3.04. The van der Waals surface area contributed by atoms with Crippen LogP contribution in [0.2, 0.25) is 0 Å². The van der Waals surface area contributed by atoms with Gasteiger partial charge in [-0.3, -0.25) is 0 Å². The molecular weight excluding hydrogens is 318 g/mol. The Bertz CT molecular complexity index is 671. The average Bonchev–Trinajstić information content (AvgIpc) is 2.25. The summed E-state index contributed by atoms with van der Waals surface area (Å²) in [5.74, 6) is -3.18. The van der Waals surface area contributed by atoms with Crippen molar-refractivity contribution in [1.29, 1.82) is 0 Å². The molecule has 0 saturated carbocycles. The van der Waals surface area contributed by atoms with Crippen LogP contribution in [0.15, 0.2) is 23.1 Å². The van der Waals surface area contributed by atoms with Gasteiger partial charge >= 0.3 is 12.1 Å². The van der Waals surface area contributed by atoms with Crippen LogP contribution in [0.5, 0.6) is 0 Å². The Kier molecular flexibility index (Phi) is 4.35. The first kappa shape index (κ1) is 17.4. The van der Waals surface area contributed by atoms with Gasteiger partial charge in [-0.15, -0.1) is 0 Å². The number of halogens is 4. The molecule has 1 rings (SSSR count). The summed E-state index contributed by atoms with van der Waals surface area (Å²) in [7, 11) is -4.81. The molecule has 1 atom stereocenters. The fourth-order valence-electron chi connectivity index (χ4n) is 1.46. The molecule has 10 heteroatoms. The number of carbonyl (C=O) groups is 1. The molecular formula is C11H11F4NO4S. The first-order valence-electron chi connectivity index (χ1n) is 5.41. The highest BCUT2D eigenvalue weighted by atomic mass is 32.2. The summed E-state index contributed by atoms with van der Waals surface area (Å²) in [6, 6.07) is 2.30. The first-order chi connectivity index (χ1) is 9.31. The molecule has 0 bridgehead atoms. The number of hydrogen-bond acceptors (Lipinski definition) is 3. The highest BCUT2D eigenvalue weighted by molar-refractivity contribution is 7.89. The molecule has 0 fully saturated rings. The van der Waals surface area contributed by atoms with E-state index in [0.717, 1.165) is 22.9 Å². The lowest BCUT2D eigenvalue weighted by atomic mass is 10.0. The summed E-state index contributed by atoms with van der Waals surface area (Å²) in [5.41, 5.74) is -3.86. The second-order valence-electron chi connectivity index (χ2n) is 4.44. The zero-order chi connectivity index (χ0) is 16.6. The number of sulfonamides is 1. The van der Waals surface area contributed by atoms with Gasteiger partial charge in [-0.25, -0.2) is 17.6 Å². The Balaban J connectivity index is 3.35. The van der Waals surface area contributed by atoms with Gasteiger partial charge in [0.2, 0.25) is 15.6 Å². The van der Waals surface area contributed by atoms with E-state index < -0.39 is 38.4 Å². The van der Waals surface area contributed by atoms with Gasteiger partial charge < -0.3 is 5.11 Å². The van der Waals surface area contributed by atoms with E-state index >= 15 is 0 Å². The maximum Gasteiger partial charge on any atom is 0.418 e. The molecule has 1 aromatic carbocycles. The molecule has 0 aliphatic heterocycles. The fraction of sp³-hybridized carbons (Fsp3) is 0.364. The number of aryl methyl sites for hydroxylation is 1. The van der Waals surface area contributed by atoms with Crippen molar-refractivity contribution in [3.63, 3.8) is 0 Å². The molecule has 0 saturated heterocycles. The van der Waals surface area contributed by atoms with Crippen LogP contribution in [-0.2, 0) is 14.8 Å². The second kappa shape index (κ2) is 5.26. The van der Waals surface area contributed by atoms with E-state index in [2.05, 4.69) is 0 Å². The summed E-state index contributed by atoms with van der Waals surface area (Å²) in [4.78, 5) is 10.2. The van der Waals surface area contributed by atoms with Crippen molar-refractivity contribution in [2.75, 3.05) is 0 Å². The zero-order valence-electron chi connectivity index (χ0n) is 10.8.